The van der Waals surface area contributed by atoms with Gasteiger partial charge in [-0.1, -0.05) is 41.5 Å². The number of hydrogen-bond donors (Lipinski definition) is 0. The van der Waals surface area contributed by atoms with Gasteiger partial charge in [-0.05, 0) is 57.5 Å². The monoisotopic (exact) mass is 241 g/mol. The molecule has 0 aliphatic heterocycles. The first-order valence-corrected chi connectivity index (χ1v) is 7.06. The van der Waals surface area contributed by atoms with Crippen molar-refractivity contribution < 1.29 is 0 Å². The predicted molar refractivity (Wildman–Crippen MR) is 79.5 cm³/mol. The van der Waals surface area contributed by atoms with Crippen LogP contribution in [0.3, 0.4) is 0 Å². The summed E-state index contributed by atoms with van der Waals surface area (Å²) in [6.07, 6.45) is 2.54. The first-order chi connectivity index (χ1) is 7.31. The fraction of sp³-hybridized carbons (Fsp3) is 1.00. The van der Waals surface area contributed by atoms with Crippen molar-refractivity contribution in [1.82, 2.24) is 4.90 Å². The molecular formula is C16H35N. The predicted octanol–water partition coefficient (Wildman–Crippen LogP) is 4.96. The molecule has 0 aliphatic carbocycles. The minimum atomic E-state index is 0.288. The highest BCUT2D eigenvalue weighted by atomic mass is 15.2. The smallest absolute Gasteiger partial charge is 0.0125 e. The third-order valence-corrected chi connectivity index (χ3v) is 3.21. The van der Waals surface area contributed by atoms with Crippen molar-refractivity contribution >= 4 is 0 Å². The Bertz CT molecular complexity index is 191. The summed E-state index contributed by atoms with van der Waals surface area (Å²) in [5.41, 5.74) is 1.16. The minimum absolute atomic E-state index is 0.288. The molecule has 0 N–H and O–H groups in total. The summed E-state index contributed by atoms with van der Waals surface area (Å²) in [4.78, 5) is 2.64. The zero-order chi connectivity index (χ0) is 13.9. The molecule has 0 fully saturated rings. The highest BCUT2D eigenvalue weighted by Gasteiger charge is 2.24. The first kappa shape index (κ1) is 17.0. The maximum Gasteiger partial charge on any atom is 0.0125 e. The molecule has 104 valence electrons. The lowest BCUT2D eigenvalue weighted by molar-refractivity contribution is 0.103. The quantitative estimate of drug-likeness (QED) is 0.672. The Morgan fingerprint density at radius 1 is 0.588 bits per heavy atom. The van der Waals surface area contributed by atoms with E-state index in [4.69, 9.17) is 0 Å². The lowest BCUT2D eigenvalue weighted by atomic mass is 9.89. The van der Waals surface area contributed by atoms with E-state index < -0.39 is 0 Å². The van der Waals surface area contributed by atoms with E-state index in [-0.39, 0.29) is 5.54 Å². The highest BCUT2D eigenvalue weighted by molar-refractivity contribution is 4.79. The van der Waals surface area contributed by atoms with E-state index in [0.717, 1.165) is 0 Å². The Kier molecular flexibility index (Phi) is 5.72. The summed E-state index contributed by atoms with van der Waals surface area (Å²) >= 11 is 0. The summed E-state index contributed by atoms with van der Waals surface area (Å²) in [6, 6.07) is 0. The molecule has 0 unspecified atom stereocenters. The SMILES string of the molecule is CC(C)(C)CCN(CCC(C)(C)C)C(C)(C)C. The van der Waals surface area contributed by atoms with Crippen LogP contribution in [0, 0.1) is 10.8 Å². The molecular weight excluding hydrogens is 206 g/mol. The van der Waals surface area contributed by atoms with Gasteiger partial charge in [0.1, 0.15) is 0 Å². The normalized spacial score (nSPS) is 14.5. The van der Waals surface area contributed by atoms with Gasteiger partial charge in [0.25, 0.3) is 0 Å². The molecule has 0 radical (unpaired) electrons. The average molecular weight is 241 g/mol. The molecule has 0 bridgehead atoms. The van der Waals surface area contributed by atoms with Gasteiger partial charge in [0, 0.05) is 5.54 Å². The fourth-order valence-corrected chi connectivity index (χ4v) is 1.72. The van der Waals surface area contributed by atoms with Crippen LogP contribution in [-0.2, 0) is 0 Å². The lowest BCUT2D eigenvalue weighted by Crippen LogP contribution is -2.44. The van der Waals surface area contributed by atoms with E-state index in [1.54, 1.807) is 0 Å². The van der Waals surface area contributed by atoms with Crippen molar-refractivity contribution in [3.8, 4) is 0 Å². The third-order valence-electron chi connectivity index (χ3n) is 3.21. The van der Waals surface area contributed by atoms with Gasteiger partial charge in [0.15, 0.2) is 0 Å². The Labute approximate surface area is 110 Å². The van der Waals surface area contributed by atoms with Crippen LogP contribution in [0.15, 0.2) is 0 Å². The minimum Gasteiger partial charge on any atom is -0.298 e. The number of rotatable bonds is 4. The Morgan fingerprint density at radius 2 is 0.882 bits per heavy atom. The number of hydrogen-bond acceptors (Lipinski definition) is 1. The molecule has 0 aromatic carbocycles. The van der Waals surface area contributed by atoms with Gasteiger partial charge < -0.3 is 0 Å². The van der Waals surface area contributed by atoms with Crippen LogP contribution in [0.1, 0.15) is 75.2 Å². The van der Waals surface area contributed by atoms with Gasteiger partial charge in [-0.2, -0.15) is 0 Å². The van der Waals surface area contributed by atoms with E-state index in [2.05, 4.69) is 67.2 Å². The van der Waals surface area contributed by atoms with Gasteiger partial charge in [-0.15, -0.1) is 0 Å². The molecule has 0 aromatic rings. The molecule has 1 heteroatoms. The molecule has 0 saturated heterocycles. The molecule has 0 rings (SSSR count). The van der Waals surface area contributed by atoms with Crippen LogP contribution >= 0.6 is 0 Å². The van der Waals surface area contributed by atoms with Crippen molar-refractivity contribution in [2.75, 3.05) is 13.1 Å². The summed E-state index contributed by atoms with van der Waals surface area (Å²) in [5, 5.41) is 0. The summed E-state index contributed by atoms with van der Waals surface area (Å²) in [6.45, 7) is 23.4. The molecule has 1 nitrogen and oxygen atoms in total. The second-order valence-corrected chi connectivity index (χ2v) is 8.78. The molecule has 0 heterocycles. The average Bonchev–Trinajstić information content (AvgIpc) is 1.96. The molecule has 17 heavy (non-hydrogen) atoms. The van der Waals surface area contributed by atoms with Crippen LogP contribution in [0.2, 0.25) is 0 Å². The van der Waals surface area contributed by atoms with Crippen LogP contribution in [0.25, 0.3) is 0 Å². The molecule has 0 amide bonds. The molecule has 0 saturated carbocycles. The summed E-state index contributed by atoms with van der Waals surface area (Å²) in [5.74, 6) is 0. The zero-order valence-corrected chi connectivity index (χ0v) is 13.8. The molecule has 0 spiro atoms. The highest BCUT2D eigenvalue weighted by Crippen LogP contribution is 2.25. The van der Waals surface area contributed by atoms with E-state index in [0.29, 0.717) is 10.8 Å². The second kappa shape index (κ2) is 5.73. The summed E-state index contributed by atoms with van der Waals surface area (Å²) in [7, 11) is 0. The molecule has 0 aliphatic rings. The Morgan fingerprint density at radius 3 is 1.06 bits per heavy atom. The van der Waals surface area contributed by atoms with E-state index >= 15 is 0 Å². The van der Waals surface area contributed by atoms with Gasteiger partial charge in [0.2, 0.25) is 0 Å². The number of nitrogens with zero attached hydrogens (tertiary/aromatic N) is 1. The van der Waals surface area contributed by atoms with Crippen molar-refractivity contribution in [1.29, 1.82) is 0 Å². The topological polar surface area (TPSA) is 3.24 Å². The third kappa shape index (κ3) is 9.64. The van der Waals surface area contributed by atoms with Crippen LogP contribution in [0.5, 0.6) is 0 Å². The Hall–Kier alpha value is -0.0400. The van der Waals surface area contributed by atoms with Crippen LogP contribution in [-0.4, -0.2) is 23.5 Å². The standard InChI is InChI=1S/C16H35N/c1-14(2,3)10-12-17(16(7,8)9)13-11-15(4,5)6/h10-13H2,1-9H3. The zero-order valence-electron chi connectivity index (χ0n) is 13.8. The lowest BCUT2D eigenvalue weighted by Gasteiger charge is -2.39. The van der Waals surface area contributed by atoms with Gasteiger partial charge >= 0.3 is 0 Å². The van der Waals surface area contributed by atoms with Crippen LogP contribution in [0.4, 0.5) is 0 Å². The van der Waals surface area contributed by atoms with Crippen LogP contribution < -0.4 is 0 Å². The largest absolute Gasteiger partial charge is 0.298 e. The van der Waals surface area contributed by atoms with Crippen molar-refractivity contribution in [2.45, 2.75) is 80.7 Å². The first-order valence-electron chi connectivity index (χ1n) is 7.06. The molecule has 0 atom stereocenters. The van der Waals surface area contributed by atoms with Crippen molar-refractivity contribution in [3.05, 3.63) is 0 Å². The summed E-state index contributed by atoms with van der Waals surface area (Å²) < 4.78 is 0. The van der Waals surface area contributed by atoms with Gasteiger partial charge in [-0.3, -0.25) is 4.90 Å². The second-order valence-electron chi connectivity index (χ2n) is 8.78. The van der Waals surface area contributed by atoms with E-state index in [1.807, 2.05) is 0 Å². The van der Waals surface area contributed by atoms with Gasteiger partial charge in [-0.25, -0.2) is 0 Å². The van der Waals surface area contributed by atoms with Crippen molar-refractivity contribution in [2.24, 2.45) is 10.8 Å². The fourth-order valence-electron chi connectivity index (χ4n) is 1.72. The molecule has 0 aromatic heterocycles. The maximum atomic E-state index is 2.64. The van der Waals surface area contributed by atoms with Crippen molar-refractivity contribution in [3.63, 3.8) is 0 Å². The van der Waals surface area contributed by atoms with E-state index in [1.165, 1.54) is 25.9 Å². The maximum absolute atomic E-state index is 2.64. The van der Waals surface area contributed by atoms with Gasteiger partial charge in [0.05, 0.1) is 0 Å². The van der Waals surface area contributed by atoms with E-state index in [9.17, 15) is 0 Å². The Balaban J connectivity index is 4.37.